The fourth-order valence-corrected chi connectivity index (χ4v) is 4.37. The van der Waals surface area contributed by atoms with E-state index >= 15 is 0 Å². The van der Waals surface area contributed by atoms with E-state index in [0.717, 1.165) is 0 Å². The van der Waals surface area contributed by atoms with Gasteiger partial charge < -0.3 is 5.32 Å². The van der Waals surface area contributed by atoms with Gasteiger partial charge in [0.15, 0.2) is 9.84 Å². The van der Waals surface area contributed by atoms with Crippen LogP contribution in [-0.2, 0) is 9.84 Å². The third-order valence-corrected chi connectivity index (χ3v) is 5.14. The lowest BCUT2D eigenvalue weighted by Crippen LogP contribution is -2.46. The fraction of sp³-hybridized carbons (Fsp3) is 0.417. The highest BCUT2D eigenvalue weighted by atomic mass is 35.5. The van der Waals surface area contributed by atoms with Crippen molar-refractivity contribution in [3.8, 4) is 0 Å². The molecule has 0 aromatic heterocycles. The fourth-order valence-electron chi connectivity index (χ4n) is 2.09. The summed E-state index contributed by atoms with van der Waals surface area (Å²) < 4.78 is 22.9. The van der Waals surface area contributed by atoms with E-state index in [4.69, 9.17) is 11.6 Å². The molecule has 1 fully saturated rings. The molecule has 0 aliphatic carbocycles. The van der Waals surface area contributed by atoms with E-state index in [-0.39, 0.29) is 17.4 Å². The normalized spacial score (nSPS) is 25.9. The van der Waals surface area contributed by atoms with Crippen molar-refractivity contribution in [1.82, 2.24) is 5.32 Å². The molecule has 0 saturated carbocycles. The number of rotatable bonds is 2. The Balaban J connectivity index is 2.13. The van der Waals surface area contributed by atoms with E-state index in [1.54, 1.807) is 31.2 Å². The second-order valence-corrected chi connectivity index (χ2v) is 7.49. The number of hydrogen-bond acceptors (Lipinski definition) is 3. The lowest BCUT2D eigenvalue weighted by Gasteiger charge is -2.23. The van der Waals surface area contributed by atoms with Crippen molar-refractivity contribution < 1.29 is 13.2 Å². The Kier molecular flexibility index (Phi) is 3.38. The summed E-state index contributed by atoms with van der Waals surface area (Å²) >= 11 is 5.81. The zero-order valence-corrected chi connectivity index (χ0v) is 11.5. The first kappa shape index (κ1) is 13.4. The molecule has 6 heteroatoms. The van der Waals surface area contributed by atoms with Gasteiger partial charge in [-0.05, 0) is 31.5 Å². The van der Waals surface area contributed by atoms with Gasteiger partial charge in [0.1, 0.15) is 0 Å². The lowest BCUT2D eigenvalue weighted by atomic mass is 10.0. The molecule has 1 atom stereocenters. The lowest BCUT2D eigenvalue weighted by molar-refractivity contribution is 0.0915. The second kappa shape index (κ2) is 4.55. The Morgan fingerprint density at radius 3 is 2.72 bits per heavy atom. The van der Waals surface area contributed by atoms with E-state index in [1.807, 2.05) is 0 Å². The predicted octanol–water partition coefficient (Wildman–Crippen LogP) is 1.65. The van der Waals surface area contributed by atoms with Crippen LogP contribution in [0.5, 0.6) is 0 Å². The summed E-state index contributed by atoms with van der Waals surface area (Å²) in [6, 6.07) is 6.57. The van der Waals surface area contributed by atoms with Crippen LogP contribution in [0.4, 0.5) is 0 Å². The quantitative estimate of drug-likeness (QED) is 0.899. The zero-order chi connectivity index (χ0) is 13.4. The van der Waals surface area contributed by atoms with Gasteiger partial charge in [-0.25, -0.2) is 8.42 Å². The average molecular weight is 288 g/mol. The summed E-state index contributed by atoms with van der Waals surface area (Å²) in [5, 5.41) is 3.26. The van der Waals surface area contributed by atoms with Gasteiger partial charge in [0.05, 0.1) is 17.0 Å². The number of sulfone groups is 1. The number of amides is 1. The number of nitrogens with one attached hydrogen (secondary N) is 1. The molecule has 98 valence electrons. The number of halogens is 1. The van der Waals surface area contributed by atoms with Gasteiger partial charge in [0.2, 0.25) is 0 Å². The SMILES string of the molecule is C[C@]1(NC(=O)c2cccc(Cl)c2)CCS(=O)(=O)C1. The second-order valence-electron chi connectivity index (χ2n) is 4.87. The van der Waals surface area contributed by atoms with E-state index in [1.165, 1.54) is 0 Å². The summed E-state index contributed by atoms with van der Waals surface area (Å²) in [5.74, 6) is -0.178. The molecule has 4 nitrogen and oxygen atoms in total. The van der Waals surface area contributed by atoms with Crippen LogP contribution in [0.25, 0.3) is 0 Å². The zero-order valence-electron chi connectivity index (χ0n) is 9.94. The summed E-state index contributed by atoms with van der Waals surface area (Å²) in [6.45, 7) is 1.75. The van der Waals surface area contributed by atoms with Gasteiger partial charge in [-0.15, -0.1) is 0 Å². The van der Waals surface area contributed by atoms with Gasteiger partial charge in [-0.1, -0.05) is 17.7 Å². The van der Waals surface area contributed by atoms with Crippen molar-refractivity contribution in [2.24, 2.45) is 0 Å². The third-order valence-electron chi connectivity index (χ3n) is 3.01. The number of hydrogen-bond donors (Lipinski definition) is 1. The minimum absolute atomic E-state index is 0.00763. The van der Waals surface area contributed by atoms with Gasteiger partial charge in [-0.3, -0.25) is 4.79 Å². The standard InChI is InChI=1S/C12H14ClNO3S/c1-12(5-6-18(16,17)8-12)14-11(15)9-3-2-4-10(13)7-9/h2-4,7H,5-6,8H2,1H3,(H,14,15)/t12-/m0/s1. The molecule has 1 aromatic carbocycles. The third kappa shape index (κ3) is 3.03. The molecule has 1 aliphatic heterocycles. The predicted molar refractivity (Wildman–Crippen MR) is 70.6 cm³/mol. The molecule has 1 heterocycles. The Morgan fingerprint density at radius 1 is 1.44 bits per heavy atom. The van der Waals surface area contributed by atoms with Crippen LogP contribution in [0, 0.1) is 0 Å². The van der Waals surface area contributed by atoms with E-state index in [2.05, 4.69) is 5.32 Å². The summed E-state index contributed by atoms with van der Waals surface area (Å²) in [6.07, 6.45) is 0.446. The van der Waals surface area contributed by atoms with Crippen molar-refractivity contribution in [3.05, 3.63) is 34.9 Å². The van der Waals surface area contributed by atoms with Gasteiger partial charge in [-0.2, -0.15) is 0 Å². The number of benzene rings is 1. The molecule has 0 radical (unpaired) electrons. The maximum absolute atomic E-state index is 12.0. The largest absolute Gasteiger partial charge is 0.346 e. The van der Waals surface area contributed by atoms with Crippen molar-refractivity contribution >= 4 is 27.3 Å². The summed E-state index contributed by atoms with van der Waals surface area (Å²) in [4.78, 5) is 12.0. The highest BCUT2D eigenvalue weighted by Gasteiger charge is 2.39. The van der Waals surface area contributed by atoms with E-state index < -0.39 is 15.4 Å². The monoisotopic (exact) mass is 287 g/mol. The molecule has 0 unspecified atom stereocenters. The van der Waals surface area contributed by atoms with Gasteiger partial charge >= 0.3 is 0 Å². The number of carbonyl (C=O) groups is 1. The maximum Gasteiger partial charge on any atom is 0.251 e. The number of carbonyl (C=O) groups excluding carboxylic acids is 1. The minimum atomic E-state index is -3.03. The van der Waals surface area contributed by atoms with Crippen LogP contribution in [0.2, 0.25) is 5.02 Å². The first-order valence-corrected chi connectivity index (χ1v) is 7.78. The highest BCUT2D eigenvalue weighted by Crippen LogP contribution is 2.23. The highest BCUT2D eigenvalue weighted by molar-refractivity contribution is 7.91. The molecular formula is C12H14ClNO3S. The van der Waals surface area contributed by atoms with Crippen molar-refractivity contribution in [1.29, 1.82) is 0 Å². The Hall–Kier alpha value is -1.07. The van der Waals surface area contributed by atoms with Crippen molar-refractivity contribution in [3.63, 3.8) is 0 Å². The molecule has 1 saturated heterocycles. The van der Waals surface area contributed by atoms with E-state index in [9.17, 15) is 13.2 Å². The van der Waals surface area contributed by atoms with Crippen LogP contribution < -0.4 is 5.32 Å². The molecular weight excluding hydrogens is 274 g/mol. The molecule has 1 aliphatic rings. The first-order valence-electron chi connectivity index (χ1n) is 5.58. The first-order chi connectivity index (χ1) is 8.30. The molecule has 1 amide bonds. The Labute approximate surface area is 111 Å². The van der Waals surface area contributed by atoms with Crippen LogP contribution in [0.15, 0.2) is 24.3 Å². The molecule has 1 aromatic rings. The van der Waals surface area contributed by atoms with Crippen LogP contribution in [0.3, 0.4) is 0 Å². The molecule has 2 rings (SSSR count). The van der Waals surface area contributed by atoms with Gasteiger partial charge in [0.25, 0.3) is 5.91 Å². The van der Waals surface area contributed by atoms with Crippen LogP contribution >= 0.6 is 11.6 Å². The molecule has 0 bridgehead atoms. The van der Waals surface area contributed by atoms with Crippen molar-refractivity contribution in [2.45, 2.75) is 18.9 Å². The molecule has 18 heavy (non-hydrogen) atoms. The Bertz CT molecular complexity index is 585. The van der Waals surface area contributed by atoms with E-state index in [0.29, 0.717) is 17.0 Å². The van der Waals surface area contributed by atoms with Crippen LogP contribution in [-0.4, -0.2) is 31.4 Å². The minimum Gasteiger partial charge on any atom is -0.346 e. The smallest absolute Gasteiger partial charge is 0.251 e. The maximum atomic E-state index is 12.0. The molecule has 0 spiro atoms. The van der Waals surface area contributed by atoms with Gasteiger partial charge in [0, 0.05) is 10.6 Å². The summed E-state index contributed by atoms with van der Waals surface area (Å²) in [7, 11) is -3.03. The van der Waals surface area contributed by atoms with Crippen molar-refractivity contribution in [2.75, 3.05) is 11.5 Å². The Morgan fingerprint density at radius 2 is 2.17 bits per heavy atom. The molecule has 1 N–H and O–H groups in total. The average Bonchev–Trinajstić information content (AvgIpc) is 2.52. The summed E-state index contributed by atoms with van der Waals surface area (Å²) in [5.41, 5.74) is -0.244. The van der Waals surface area contributed by atoms with Crippen LogP contribution in [0.1, 0.15) is 23.7 Å². The topological polar surface area (TPSA) is 63.2 Å².